The van der Waals surface area contributed by atoms with E-state index in [9.17, 15) is 17.7 Å². The minimum absolute atomic E-state index is 0.150. The van der Waals surface area contributed by atoms with Crippen LogP contribution >= 0.6 is 7.14 Å². The van der Waals surface area contributed by atoms with Gasteiger partial charge in [-0.3, -0.25) is 0 Å². The van der Waals surface area contributed by atoms with E-state index in [1.165, 1.54) is 20.1 Å². The molecule has 2 aromatic heterocycles. The summed E-state index contributed by atoms with van der Waals surface area (Å²) >= 11 is 0. The SMILES string of the molecule is COc1nc2nc(C)nc(NC(C)c3cccc(C(F)(F)F)c3C)c2cc1P(C)(C)=O. The van der Waals surface area contributed by atoms with E-state index in [2.05, 4.69) is 20.3 Å². The minimum Gasteiger partial charge on any atom is -0.480 e. The maximum Gasteiger partial charge on any atom is 0.416 e. The van der Waals surface area contributed by atoms with Crippen LogP contribution in [0.5, 0.6) is 5.88 Å². The zero-order valence-electron chi connectivity index (χ0n) is 18.1. The van der Waals surface area contributed by atoms with E-state index < -0.39 is 24.9 Å². The van der Waals surface area contributed by atoms with Gasteiger partial charge in [0.2, 0.25) is 5.88 Å². The average Bonchev–Trinajstić information content (AvgIpc) is 2.65. The van der Waals surface area contributed by atoms with Gasteiger partial charge >= 0.3 is 6.18 Å². The van der Waals surface area contributed by atoms with Crippen LogP contribution in [-0.2, 0) is 10.7 Å². The third kappa shape index (κ3) is 4.66. The number of ether oxygens (including phenoxy) is 1. The number of fused-ring (bicyclic) bond motifs is 1. The number of hydrogen-bond donors (Lipinski definition) is 1. The smallest absolute Gasteiger partial charge is 0.416 e. The van der Waals surface area contributed by atoms with Gasteiger partial charge in [-0.05, 0) is 57.4 Å². The van der Waals surface area contributed by atoms with Crippen molar-refractivity contribution in [2.45, 2.75) is 33.0 Å². The quantitative estimate of drug-likeness (QED) is 0.544. The van der Waals surface area contributed by atoms with Crippen molar-refractivity contribution in [3.05, 3.63) is 46.8 Å². The maximum atomic E-state index is 13.3. The van der Waals surface area contributed by atoms with Crippen LogP contribution in [0.15, 0.2) is 24.3 Å². The van der Waals surface area contributed by atoms with Crippen LogP contribution in [0.2, 0.25) is 0 Å². The molecule has 2 heterocycles. The van der Waals surface area contributed by atoms with Gasteiger partial charge in [0.1, 0.15) is 18.8 Å². The van der Waals surface area contributed by atoms with Crippen molar-refractivity contribution in [1.82, 2.24) is 15.0 Å². The molecule has 0 spiro atoms. The summed E-state index contributed by atoms with van der Waals surface area (Å²) in [7, 11) is -1.29. The maximum absolute atomic E-state index is 13.3. The van der Waals surface area contributed by atoms with Gasteiger partial charge in [-0.15, -0.1) is 0 Å². The monoisotopic (exact) mass is 452 g/mol. The van der Waals surface area contributed by atoms with Gasteiger partial charge in [-0.2, -0.15) is 18.2 Å². The molecule has 0 amide bonds. The number of nitrogens with one attached hydrogen (secondary N) is 1. The highest BCUT2D eigenvalue weighted by Gasteiger charge is 2.33. The number of hydrogen-bond acceptors (Lipinski definition) is 6. The number of halogens is 3. The number of pyridine rings is 1. The molecule has 1 unspecified atom stereocenters. The molecule has 0 saturated carbocycles. The minimum atomic E-state index is -4.43. The van der Waals surface area contributed by atoms with Crippen LogP contribution in [0.1, 0.15) is 35.5 Å². The molecule has 0 fully saturated rings. The molecule has 31 heavy (non-hydrogen) atoms. The van der Waals surface area contributed by atoms with E-state index in [0.29, 0.717) is 33.5 Å². The molecule has 1 aromatic carbocycles. The van der Waals surface area contributed by atoms with Gasteiger partial charge in [0, 0.05) is 0 Å². The van der Waals surface area contributed by atoms with E-state index in [-0.39, 0.29) is 11.4 Å². The first kappa shape index (κ1) is 23.0. The topological polar surface area (TPSA) is 77.0 Å². The van der Waals surface area contributed by atoms with Crippen molar-refractivity contribution in [3.63, 3.8) is 0 Å². The van der Waals surface area contributed by atoms with Gasteiger partial charge < -0.3 is 14.6 Å². The van der Waals surface area contributed by atoms with Crippen LogP contribution in [-0.4, -0.2) is 35.4 Å². The van der Waals surface area contributed by atoms with Gasteiger partial charge in [-0.1, -0.05) is 12.1 Å². The second kappa shape index (κ2) is 8.11. The molecule has 0 bridgehead atoms. The Balaban J connectivity index is 2.13. The van der Waals surface area contributed by atoms with Crippen LogP contribution in [0.25, 0.3) is 11.0 Å². The normalized spacial score (nSPS) is 13.3. The van der Waals surface area contributed by atoms with Gasteiger partial charge in [-0.25, -0.2) is 9.97 Å². The second-order valence-electron chi connectivity index (χ2n) is 7.74. The molecule has 3 rings (SSSR count). The number of methoxy groups -OCH3 is 1. The Bertz CT molecular complexity index is 1190. The third-order valence-corrected chi connectivity index (χ3v) is 6.50. The molecule has 0 aliphatic carbocycles. The first-order valence-electron chi connectivity index (χ1n) is 9.55. The summed E-state index contributed by atoms with van der Waals surface area (Å²) in [6, 6.07) is 5.30. The summed E-state index contributed by atoms with van der Waals surface area (Å²) in [5, 5.41) is 4.15. The zero-order chi connectivity index (χ0) is 23.1. The van der Waals surface area contributed by atoms with Crippen molar-refractivity contribution >= 4 is 29.3 Å². The molecule has 0 aliphatic rings. The molecule has 3 aromatic rings. The Kier molecular flexibility index (Phi) is 6.02. The van der Waals surface area contributed by atoms with E-state index in [1.54, 1.807) is 39.3 Å². The van der Waals surface area contributed by atoms with Crippen LogP contribution in [0.4, 0.5) is 19.0 Å². The van der Waals surface area contributed by atoms with Gasteiger partial charge in [0.05, 0.1) is 29.4 Å². The van der Waals surface area contributed by atoms with E-state index in [4.69, 9.17) is 4.74 Å². The lowest BCUT2D eigenvalue weighted by molar-refractivity contribution is -0.138. The molecule has 6 nitrogen and oxygen atoms in total. The summed E-state index contributed by atoms with van der Waals surface area (Å²) in [5.74, 6) is 1.06. The summed E-state index contributed by atoms with van der Waals surface area (Å²) in [4.78, 5) is 13.2. The fourth-order valence-electron chi connectivity index (χ4n) is 3.50. The predicted molar refractivity (Wildman–Crippen MR) is 116 cm³/mol. The highest BCUT2D eigenvalue weighted by atomic mass is 31.2. The number of anilines is 1. The first-order chi connectivity index (χ1) is 14.3. The number of rotatable bonds is 5. The van der Waals surface area contributed by atoms with Crippen molar-refractivity contribution in [2.75, 3.05) is 25.8 Å². The number of alkyl halides is 3. The molecular weight excluding hydrogens is 428 g/mol. The fraction of sp³-hybridized carbons (Fsp3) is 0.381. The highest BCUT2D eigenvalue weighted by molar-refractivity contribution is 7.70. The number of aromatic nitrogens is 3. The number of aryl methyl sites for hydroxylation is 1. The Morgan fingerprint density at radius 2 is 1.81 bits per heavy atom. The molecule has 166 valence electrons. The Hall–Kier alpha value is -2.67. The second-order valence-corrected chi connectivity index (χ2v) is 10.9. The standard InChI is InChI=1S/C21H24F3N4O2P/c1-11-14(8-7-9-16(11)21(22,23)24)12(2)25-18-15-10-17(31(5,6)29)20(30-4)28-19(15)27-13(3)26-18/h7-10,12H,1-6H3,(H,25,26,27,28). The van der Waals surface area contributed by atoms with Gasteiger partial charge in [0.15, 0.2) is 5.65 Å². The van der Waals surface area contributed by atoms with Crippen LogP contribution in [0.3, 0.4) is 0 Å². The first-order valence-corrected chi connectivity index (χ1v) is 12.1. The van der Waals surface area contributed by atoms with Crippen molar-refractivity contribution in [2.24, 2.45) is 0 Å². The number of benzene rings is 1. The molecule has 1 N–H and O–H groups in total. The van der Waals surface area contributed by atoms with Crippen molar-refractivity contribution in [3.8, 4) is 5.88 Å². The lowest BCUT2D eigenvalue weighted by Gasteiger charge is -2.21. The summed E-state index contributed by atoms with van der Waals surface area (Å²) in [6.45, 7) is 8.12. The van der Waals surface area contributed by atoms with E-state index in [0.717, 1.165) is 6.07 Å². The largest absolute Gasteiger partial charge is 0.480 e. The van der Waals surface area contributed by atoms with E-state index in [1.807, 2.05) is 0 Å². The van der Waals surface area contributed by atoms with Crippen LogP contribution < -0.4 is 15.4 Å². The Labute approximate surface area is 178 Å². The lowest BCUT2D eigenvalue weighted by Crippen LogP contribution is -2.16. The molecule has 10 heteroatoms. The summed E-state index contributed by atoms with van der Waals surface area (Å²) in [6.07, 6.45) is -4.43. The molecule has 0 radical (unpaired) electrons. The van der Waals surface area contributed by atoms with Crippen LogP contribution in [0, 0.1) is 13.8 Å². The summed E-state index contributed by atoms with van der Waals surface area (Å²) in [5.41, 5.74) is 0.320. The molecule has 0 saturated heterocycles. The average molecular weight is 452 g/mol. The number of nitrogens with zero attached hydrogens (tertiary/aromatic N) is 3. The molecule has 1 atom stereocenters. The lowest BCUT2D eigenvalue weighted by atomic mass is 9.97. The fourth-order valence-corrected chi connectivity index (χ4v) is 4.54. The Morgan fingerprint density at radius 3 is 2.39 bits per heavy atom. The highest BCUT2D eigenvalue weighted by Crippen LogP contribution is 2.40. The molecular formula is C21H24F3N4O2P. The Morgan fingerprint density at radius 1 is 1.13 bits per heavy atom. The van der Waals surface area contributed by atoms with E-state index >= 15 is 0 Å². The third-order valence-electron chi connectivity index (χ3n) is 5.02. The molecule has 0 aliphatic heterocycles. The van der Waals surface area contributed by atoms with Gasteiger partial charge in [0.25, 0.3) is 0 Å². The van der Waals surface area contributed by atoms with Crippen molar-refractivity contribution < 1.29 is 22.5 Å². The summed E-state index contributed by atoms with van der Waals surface area (Å²) < 4.78 is 58.0. The van der Waals surface area contributed by atoms with Crippen molar-refractivity contribution in [1.29, 1.82) is 0 Å². The predicted octanol–water partition coefficient (Wildman–Crippen LogP) is 5.09. The zero-order valence-corrected chi connectivity index (χ0v) is 19.0.